The van der Waals surface area contributed by atoms with Gasteiger partial charge in [0.15, 0.2) is 0 Å². The van der Waals surface area contributed by atoms with Crippen molar-refractivity contribution < 1.29 is 19.4 Å². The predicted octanol–water partition coefficient (Wildman–Crippen LogP) is 2.04. The van der Waals surface area contributed by atoms with Crippen LogP contribution in [0.3, 0.4) is 0 Å². The summed E-state index contributed by atoms with van der Waals surface area (Å²) in [5.74, 6) is -0.968. The Morgan fingerprint density at radius 2 is 2.05 bits per heavy atom. The van der Waals surface area contributed by atoms with Crippen LogP contribution in [0.5, 0.6) is 5.75 Å². The summed E-state index contributed by atoms with van der Waals surface area (Å²) in [5.41, 5.74) is 0.471. The largest absolute Gasteiger partial charge is 0.491 e. The van der Waals surface area contributed by atoms with E-state index in [-0.39, 0.29) is 11.8 Å². The highest BCUT2D eigenvalue weighted by Crippen LogP contribution is 2.16. The number of rotatable bonds is 5. The van der Waals surface area contributed by atoms with E-state index in [1.807, 2.05) is 13.8 Å². The first-order valence-electron chi connectivity index (χ1n) is 5.88. The molecule has 0 bridgehead atoms. The van der Waals surface area contributed by atoms with Gasteiger partial charge in [-0.1, -0.05) is 12.1 Å². The van der Waals surface area contributed by atoms with Gasteiger partial charge >= 0.3 is 5.97 Å². The molecule has 0 aliphatic carbocycles. The SMILES string of the molecule is CC(=O)N/C(=C/c1cccc(OC(C)C)c1)C(=O)O. The second-order valence-corrected chi connectivity index (χ2v) is 4.28. The average Bonchev–Trinajstić information content (AvgIpc) is 2.26. The normalized spacial score (nSPS) is 11.3. The molecular formula is C14H17NO4. The third-order valence-corrected chi connectivity index (χ3v) is 2.08. The number of aliphatic carboxylic acids is 1. The molecular weight excluding hydrogens is 246 g/mol. The van der Waals surface area contributed by atoms with Crippen molar-refractivity contribution in [2.75, 3.05) is 0 Å². The van der Waals surface area contributed by atoms with E-state index in [9.17, 15) is 9.59 Å². The number of carbonyl (C=O) groups is 2. The summed E-state index contributed by atoms with van der Waals surface area (Å²) in [7, 11) is 0. The van der Waals surface area contributed by atoms with Crippen LogP contribution in [0, 0.1) is 0 Å². The number of hydrogen-bond donors (Lipinski definition) is 2. The highest BCUT2D eigenvalue weighted by atomic mass is 16.5. The summed E-state index contributed by atoms with van der Waals surface area (Å²) in [6, 6.07) is 7.00. The molecule has 19 heavy (non-hydrogen) atoms. The van der Waals surface area contributed by atoms with E-state index in [1.165, 1.54) is 13.0 Å². The van der Waals surface area contributed by atoms with E-state index in [0.29, 0.717) is 11.3 Å². The molecule has 0 atom stereocenters. The fraction of sp³-hybridized carbons (Fsp3) is 0.286. The summed E-state index contributed by atoms with van der Waals surface area (Å²) < 4.78 is 5.51. The standard InChI is InChI=1S/C14H17NO4/c1-9(2)19-12-6-4-5-11(7-12)8-13(14(17)18)15-10(3)16/h4-9H,1-3H3,(H,15,16)(H,17,18)/b13-8+. The van der Waals surface area contributed by atoms with Gasteiger partial charge in [-0.25, -0.2) is 4.79 Å². The van der Waals surface area contributed by atoms with Crippen LogP contribution in [0.1, 0.15) is 26.3 Å². The van der Waals surface area contributed by atoms with Gasteiger partial charge in [0, 0.05) is 6.92 Å². The van der Waals surface area contributed by atoms with Crippen molar-refractivity contribution in [2.45, 2.75) is 26.9 Å². The zero-order chi connectivity index (χ0) is 14.4. The fourth-order valence-corrected chi connectivity index (χ4v) is 1.46. The maximum atomic E-state index is 11.0. The number of benzene rings is 1. The van der Waals surface area contributed by atoms with Gasteiger partial charge in [-0.2, -0.15) is 0 Å². The molecule has 0 saturated carbocycles. The zero-order valence-electron chi connectivity index (χ0n) is 11.1. The molecule has 0 aliphatic heterocycles. The summed E-state index contributed by atoms with van der Waals surface area (Å²) >= 11 is 0. The Bertz CT molecular complexity index is 506. The second-order valence-electron chi connectivity index (χ2n) is 4.28. The van der Waals surface area contributed by atoms with Crippen LogP contribution < -0.4 is 10.1 Å². The van der Waals surface area contributed by atoms with Crippen LogP contribution in [-0.4, -0.2) is 23.1 Å². The molecule has 1 aromatic carbocycles. The van der Waals surface area contributed by atoms with Gasteiger partial charge in [0.2, 0.25) is 5.91 Å². The average molecular weight is 263 g/mol. The Kier molecular flexibility index (Phi) is 5.11. The van der Waals surface area contributed by atoms with Crippen molar-refractivity contribution in [1.82, 2.24) is 5.32 Å². The predicted molar refractivity (Wildman–Crippen MR) is 71.6 cm³/mol. The summed E-state index contributed by atoms with van der Waals surface area (Å²) in [6.45, 7) is 5.07. The highest BCUT2D eigenvalue weighted by Gasteiger charge is 2.09. The number of carboxylic acid groups (broad SMARTS) is 1. The van der Waals surface area contributed by atoms with Crippen molar-refractivity contribution in [3.63, 3.8) is 0 Å². The maximum absolute atomic E-state index is 11.0. The molecule has 1 rings (SSSR count). The number of amides is 1. The van der Waals surface area contributed by atoms with E-state index in [1.54, 1.807) is 24.3 Å². The lowest BCUT2D eigenvalue weighted by Gasteiger charge is -2.10. The van der Waals surface area contributed by atoms with Crippen LogP contribution in [0.2, 0.25) is 0 Å². The molecule has 0 aromatic heterocycles. The third kappa shape index (κ3) is 5.25. The van der Waals surface area contributed by atoms with Crippen LogP contribution in [0.4, 0.5) is 0 Å². The van der Waals surface area contributed by atoms with Gasteiger partial charge in [-0.05, 0) is 37.6 Å². The number of carboxylic acids is 1. The lowest BCUT2D eigenvalue weighted by Crippen LogP contribution is -2.24. The summed E-state index contributed by atoms with van der Waals surface area (Å²) in [6.07, 6.45) is 1.42. The van der Waals surface area contributed by atoms with Crippen LogP contribution >= 0.6 is 0 Å². The van der Waals surface area contributed by atoms with Gasteiger partial charge in [0.1, 0.15) is 11.4 Å². The molecule has 5 heteroatoms. The first-order valence-corrected chi connectivity index (χ1v) is 5.88. The van der Waals surface area contributed by atoms with Crippen LogP contribution in [-0.2, 0) is 9.59 Å². The van der Waals surface area contributed by atoms with Crippen LogP contribution in [0.25, 0.3) is 6.08 Å². The number of nitrogens with one attached hydrogen (secondary N) is 1. The lowest BCUT2D eigenvalue weighted by atomic mass is 10.2. The van der Waals surface area contributed by atoms with E-state index in [0.717, 1.165) is 0 Å². The van der Waals surface area contributed by atoms with Crippen LogP contribution in [0.15, 0.2) is 30.0 Å². The van der Waals surface area contributed by atoms with Gasteiger partial charge < -0.3 is 15.2 Å². The van der Waals surface area contributed by atoms with Gasteiger partial charge in [0.25, 0.3) is 0 Å². The molecule has 0 radical (unpaired) electrons. The first-order chi connectivity index (χ1) is 8.88. The molecule has 1 amide bonds. The monoisotopic (exact) mass is 263 g/mol. The molecule has 1 aromatic rings. The minimum absolute atomic E-state index is 0.0357. The Morgan fingerprint density at radius 1 is 1.37 bits per heavy atom. The number of ether oxygens (including phenoxy) is 1. The maximum Gasteiger partial charge on any atom is 0.352 e. The first kappa shape index (κ1) is 14.8. The van der Waals surface area contributed by atoms with E-state index < -0.39 is 11.9 Å². The van der Waals surface area contributed by atoms with E-state index >= 15 is 0 Å². The van der Waals surface area contributed by atoms with E-state index in [4.69, 9.17) is 9.84 Å². The Balaban J connectivity index is 3.00. The highest BCUT2D eigenvalue weighted by molar-refractivity contribution is 5.96. The molecule has 0 saturated heterocycles. The van der Waals surface area contributed by atoms with Crippen molar-refractivity contribution >= 4 is 18.0 Å². The van der Waals surface area contributed by atoms with Crippen molar-refractivity contribution in [1.29, 1.82) is 0 Å². The van der Waals surface area contributed by atoms with Crippen molar-refractivity contribution in [3.05, 3.63) is 35.5 Å². The van der Waals surface area contributed by atoms with Crippen molar-refractivity contribution in [3.8, 4) is 5.75 Å². The molecule has 0 spiro atoms. The summed E-state index contributed by atoms with van der Waals surface area (Å²) in [4.78, 5) is 21.9. The Morgan fingerprint density at radius 3 is 2.58 bits per heavy atom. The molecule has 102 valence electrons. The minimum atomic E-state index is -1.19. The molecule has 0 aliphatic rings. The van der Waals surface area contributed by atoms with Gasteiger partial charge in [0.05, 0.1) is 6.10 Å². The second kappa shape index (κ2) is 6.58. The molecule has 0 heterocycles. The number of carbonyl (C=O) groups excluding carboxylic acids is 1. The molecule has 5 nitrogen and oxygen atoms in total. The van der Waals surface area contributed by atoms with Crippen molar-refractivity contribution in [2.24, 2.45) is 0 Å². The smallest absolute Gasteiger partial charge is 0.352 e. The Hall–Kier alpha value is -2.30. The molecule has 2 N–H and O–H groups in total. The van der Waals surface area contributed by atoms with E-state index in [2.05, 4.69) is 5.32 Å². The molecule has 0 fully saturated rings. The quantitative estimate of drug-likeness (QED) is 0.797. The molecule has 0 unspecified atom stereocenters. The van der Waals surface area contributed by atoms with Gasteiger partial charge in [-0.3, -0.25) is 4.79 Å². The van der Waals surface area contributed by atoms with Gasteiger partial charge in [-0.15, -0.1) is 0 Å². The lowest BCUT2D eigenvalue weighted by molar-refractivity contribution is -0.134. The summed E-state index contributed by atoms with van der Waals surface area (Å²) in [5, 5.41) is 11.3. The minimum Gasteiger partial charge on any atom is -0.491 e. The topological polar surface area (TPSA) is 75.6 Å². The fourth-order valence-electron chi connectivity index (χ4n) is 1.46. The Labute approximate surface area is 111 Å². The third-order valence-electron chi connectivity index (χ3n) is 2.08. The number of hydrogen-bond acceptors (Lipinski definition) is 3. The zero-order valence-corrected chi connectivity index (χ0v) is 11.1.